The maximum absolute atomic E-state index is 13.3. The molecule has 4 heteroatoms. The van der Waals surface area contributed by atoms with Gasteiger partial charge in [0.1, 0.15) is 17.7 Å². The van der Waals surface area contributed by atoms with Gasteiger partial charge < -0.3 is 9.84 Å². The monoisotopic (exact) mass is 300 g/mol. The SMILES string of the molecule is O[C@H]1CC(c2csc3ccccc23)Oc2ccc(F)cc21. The third-order valence-corrected chi connectivity index (χ3v) is 4.88. The van der Waals surface area contributed by atoms with Gasteiger partial charge in [-0.05, 0) is 35.0 Å². The third-order valence-electron chi connectivity index (χ3n) is 3.90. The molecule has 0 spiro atoms. The van der Waals surface area contributed by atoms with Crippen molar-refractivity contribution in [2.45, 2.75) is 18.6 Å². The number of benzene rings is 2. The molecule has 0 bridgehead atoms. The first kappa shape index (κ1) is 12.8. The quantitative estimate of drug-likeness (QED) is 0.712. The second kappa shape index (κ2) is 4.83. The van der Waals surface area contributed by atoms with Gasteiger partial charge in [-0.1, -0.05) is 18.2 Å². The molecule has 2 atom stereocenters. The second-order valence-corrected chi connectivity index (χ2v) is 6.14. The van der Waals surface area contributed by atoms with Gasteiger partial charge in [0.15, 0.2) is 0 Å². The summed E-state index contributed by atoms with van der Waals surface area (Å²) >= 11 is 1.67. The van der Waals surface area contributed by atoms with Crippen molar-refractivity contribution in [2.24, 2.45) is 0 Å². The van der Waals surface area contributed by atoms with Crippen LogP contribution >= 0.6 is 11.3 Å². The lowest BCUT2D eigenvalue weighted by Crippen LogP contribution is -2.19. The Morgan fingerprint density at radius 2 is 2.00 bits per heavy atom. The molecule has 0 saturated heterocycles. The van der Waals surface area contributed by atoms with Crippen LogP contribution in [0.3, 0.4) is 0 Å². The van der Waals surface area contributed by atoms with Crippen LogP contribution in [0.15, 0.2) is 47.8 Å². The van der Waals surface area contributed by atoms with Gasteiger partial charge in [0.2, 0.25) is 0 Å². The number of aliphatic hydroxyl groups is 1. The highest BCUT2D eigenvalue weighted by Gasteiger charge is 2.29. The van der Waals surface area contributed by atoms with Crippen molar-refractivity contribution in [1.82, 2.24) is 0 Å². The van der Waals surface area contributed by atoms with E-state index in [9.17, 15) is 9.50 Å². The van der Waals surface area contributed by atoms with Gasteiger partial charge in [0, 0.05) is 22.2 Å². The van der Waals surface area contributed by atoms with Gasteiger partial charge in [0.05, 0.1) is 6.10 Å². The van der Waals surface area contributed by atoms with Crippen molar-refractivity contribution in [3.63, 3.8) is 0 Å². The number of rotatable bonds is 1. The Kier molecular flexibility index (Phi) is 2.94. The van der Waals surface area contributed by atoms with E-state index in [4.69, 9.17) is 4.74 Å². The zero-order chi connectivity index (χ0) is 14.4. The second-order valence-electron chi connectivity index (χ2n) is 5.23. The van der Waals surface area contributed by atoms with E-state index >= 15 is 0 Å². The van der Waals surface area contributed by atoms with Crippen LogP contribution < -0.4 is 4.74 Å². The van der Waals surface area contributed by atoms with E-state index < -0.39 is 6.10 Å². The molecule has 0 amide bonds. The van der Waals surface area contributed by atoms with Crippen molar-refractivity contribution < 1.29 is 14.2 Å². The lowest BCUT2D eigenvalue weighted by atomic mass is 9.95. The van der Waals surface area contributed by atoms with Crippen molar-refractivity contribution in [3.05, 3.63) is 64.8 Å². The van der Waals surface area contributed by atoms with E-state index in [2.05, 4.69) is 17.5 Å². The zero-order valence-electron chi connectivity index (χ0n) is 11.1. The van der Waals surface area contributed by atoms with E-state index in [1.165, 1.54) is 16.8 Å². The van der Waals surface area contributed by atoms with Gasteiger partial charge in [-0.3, -0.25) is 0 Å². The minimum atomic E-state index is -0.701. The zero-order valence-corrected chi connectivity index (χ0v) is 11.9. The number of hydrogen-bond acceptors (Lipinski definition) is 3. The molecule has 0 radical (unpaired) electrons. The standard InChI is InChI=1S/C17H13FO2S/c18-10-5-6-15-12(7-10)14(19)8-16(20-15)13-9-21-17-4-2-1-3-11(13)17/h1-7,9,14,16,19H,8H2/t14-,16?/m0/s1. The summed E-state index contributed by atoms with van der Waals surface area (Å²) in [7, 11) is 0. The van der Waals surface area contributed by atoms with Crippen molar-refractivity contribution >= 4 is 21.4 Å². The first-order valence-electron chi connectivity index (χ1n) is 6.82. The molecule has 1 unspecified atom stereocenters. The molecule has 106 valence electrons. The van der Waals surface area contributed by atoms with Crippen molar-refractivity contribution in [3.8, 4) is 5.75 Å². The van der Waals surface area contributed by atoms with Crippen molar-refractivity contribution in [2.75, 3.05) is 0 Å². The summed E-state index contributed by atoms with van der Waals surface area (Å²) in [6.45, 7) is 0. The topological polar surface area (TPSA) is 29.5 Å². The Balaban J connectivity index is 1.76. The molecule has 0 fully saturated rings. The predicted molar refractivity (Wildman–Crippen MR) is 81.2 cm³/mol. The van der Waals surface area contributed by atoms with Crippen LogP contribution in [-0.2, 0) is 0 Å². The van der Waals surface area contributed by atoms with Gasteiger partial charge in [-0.25, -0.2) is 4.39 Å². The fraction of sp³-hybridized carbons (Fsp3) is 0.176. The molecule has 4 rings (SSSR count). The third kappa shape index (κ3) is 2.11. The van der Waals surface area contributed by atoms with Gasteiger partial charge >= 0.3 is 0 Å². The summed E-state index contributed by atoms with van der Waals surface area (Å²) in [5.74, 6) is 0.214. The highest BCUT2D eigenvalue weighted by Crippen LogP contribution is 2.43. The van der Waals surface area contributed by atoms with E-state index in [0.717, 1.165) is 10.9 Å². The Morgan fingerprint density at radius 1 is 1.14 bits per heavy atom. The van der Waals surface area contributed by atoms with Crippen molar-refractivity contribution in [1.29, 1.82) is 0 Å². The average molecular weight is 300 g/mol. The molecule has 1 aliphatic rings. The molecular formula is C17H13FO2S. The van der Waals surface area contributed by atoms with Gasteiger partial charge in [-0.15, -0.1) is 11.3 Å². The number of halogens is 1. The molecule has 0 aliphatic carbocycles. The molecule has 2 heterocycles. The number of ether oxygens (including phenoxy) is 1. The molecule has 1 aliphatic heterocycles. The molecule has 1 aromatic heterocycles. The maximum Gasteiger partial charge on any atom is 0.128 e. The fourth-order valence-electron chi connectivity index (χ4n) is 2.86. The molecule has 0 saturated carbocycles. The van der Waals surface area contributed by atoms with Crippen LogP contribution in [0.4, 0.5) is 4.39 Å². The largest absolute Gasteiger partial charge is 0.485 e. The summed E-state index contributed by atoms with van der Waals surface area (Å²) in [5.41, 5.74) is 1.62. The van der Waals surface area contributed by atoms with E-state index in [0.29, 0.717) is 17.7 Å². The van der Waals surface area contributed by atoms with Gasteiger partial charge in [0.25, 0.3) is 0 Å². The van der Waals surface area contributed by atoms with E-state index in [-0.39, 0.29) is 11.9 Å². The Labute approximate surface area is 125 Å². The lowest BCUT2D eigenvalue weighted by Gasteiger charge is -2.29. The predicted octanol–water partition coefficient (Wildman–Crippen LogP) is 4.60. The molecular weight excluding hydrogens is 287 g/mol. The van der Waals surface area contributed by atoms with Gasteiger partial charge in [-0.2, -0.15) is 0 Å². The highest BCUT2D eigenvalue weighted by molar-refractivity contribution is 7.17. The first-order chi connectivity index (χ1) is 10.2. The van der Waals surface area contributed by atoms with E-state index in [1.54, 1.807) is 17.4 Å². The maximum atomic E-state index is 13.3. The first-order valence-corrected chi connectivity index (χ1v) is 7.70. The summed E-state index contributed by atoms with van der Waals surface area (Å²) in [6, 6.07) is 12.5. The Morgan fingerprint density at radius 3 is 2.90 bits per heavy atom. The number of fused-ring (bicyclic) bond motifs is 2. The molecule has 2 aromatic carbocycles. The van der Waals surface area contributed by atoms with E-state index in [1.807, 2.05) is 12.1 Å². The summed E-state index contributed by atoms with van der Waals surface area (Å²) in [5, 5.41) is 13.5. The number of thiophene rings is 1. The number of hydrogen-bond donors (Lipinski definition) is 1. The Bertz CT molecular complexity index is 811. The summed E-state index contributed by atoms with van der Waals surface area (Å²) in [6.07, 6.45) is -0.459. The average Bonchev–Trinajstić information content (AvgIpc) is 2.92. The minimum Gasteiger partial charge on any atom is -0.485 e. The molecule has 2 nitrogen and oxygen atoms in total. The molecule has 1 N–H and O–H groups in total. The van der Waals surface area contributed by atoms with Crippen LogP contribution in [0.25, 0.3) is 10.1 Å². The lowest BCUT2D eigenvalue weighted by molar-refractivity contribution is 0.0662. The molecule has 3 aromatic rings. The van der Waals surface area contributed by atoms with Crippen LogP contribution in [0, 0.1) is 5.82 Å². The Hall–Kier alpha value is -1.91. The van der Waals surface area contributed by atoms with Crippen LogP contribution in [-0.4, -0.2) is 5.11 Å². The van der Waals surface area contributed by atoms with Crippen LogP contribution in [0.5, 0.6) is 5.75 Å². The van der Waals surface area contributed by atoms with Crippen LogP contribution in [0.2, 0.25) is 0 Å². The molecule has 21 heavy (non-hydrogen) atoms. The number of aliphatic hydroxyl groups excluding tert-OH is 1. The fourth-order valence-corrected chi connectivity index (χ4v) is 3.86. The van der Waals surface area contributed by atoms with Crippen LogP contribution in [0.1, 0.15) is 29.8 Å². The smallest absolute Gasteiger partial charge is 0.128 e. The summed E-state index contributed by atoms with van der Waals surface area (Å²) in [4.78, 5) is 0. The highest BCUT2D eigenvalue weighted by atomic mass is 32.1. The summed E-state index contributed by atoms with van der Waals surface area (Å²) < 4.78 is 20.5. The minimum absolute atomic E-state index is 0.200. The normalized spacial score (nSPS) is 21.0.